The summed E-state index contributed by atoms with van der Waals surface area (Å²) in [6.45, 7) is 6.34. The molecule has 1 heterocycles. The maximum atomic E-state index is 12.0. The first-order valence-corrected chi connectivity index (χ1v) is 8.20. The van der Waals surface area contributed by atoms with Crippen LogP contribution in [0.1, 0.15) is 40.0 Å². The van der Waals surface area contributed by atoms with E-state index in [2.05, 4.69) is 31.1 Å². The maximum absolute atomic E-state index is 12.0. The fourth-order valence-corrected chi connectivity index (χ4v) is 2.54. The second kappa shape index (κ2) is 7.03. The summed E-state index contributed by atoms with van der Waals surface area (Å²) in [4.78, 5) is 27.7. The minimum atomic E-state index is -0.937. The number of carboxylic acids is 1. The highest BCUT2D eigenvalue weighted by molar-refractivity contribution is 5.91. The normalized spacial score (nSPS) is 13.0. The van der Waals surface area contributed by atoms with Crippen LogP contribution in [0.15, 0.2) is 29.1 Å². The lowest BCUT2D eigenvalue weighted by Gasteiger charge is -2.25. The third-order valence-electron chi connectivity index (χ3n) is 4.69. The number of aryl methyl sites for hydroxylation is 1. The van der Waals surface area contributed by atoms with Crippen LogP contribution in [0.3, 0.4) is 0 Å². The van der Waals surface area contributed by atoms with Crippen molar-refractivity contribution < 1.29 is 9.90 Å². The molecule has 0 bridgehead atoms. The molecule has 0 aliphatic heterocycles. The minimum Gasteiger partial charge on any atom is -0.480 e. The molecule has 1 aromatic heterocycles. The van der Waals surface area contributed by atoms with Crippen molar-refractivity contribution >= 4 is 22.7 Å². The Morgan fingerprint density at radius 1 is 1.38 bits per heavy atom. The summed E-state index contributed by atoms with van der Waals surface area (Å²) in [5.74, 6) is -0.608. The van der Waals surface area contributed by atoms with E-state index >= 15 is 0 Å². The van der Waals surface area contributed by atoms with Gasteiger partial charge in [-0.25, -0.2) is 9.59 Å². The first kappa shape index (κ1) is 18.0. The zero-order valence-corrected chi connectivity index (χ0v) is 14.7. The van der Waals surface area contributed by atoms with Gasteiger partial charge in [-0.15, -0.1) is 0 Å². The number of aliphatic carboxylic acids is 1. The molecule has 0 spiro atoms. The highest BCUT2D eigenvalue weighted by Crippen LogP contribution is 2.28. The Morgan fingerprint density at radius 2 is 2.04 bits per heavy atom. The molecule has 2 aromatic rings. The van der Waals surface area contributed by atoms with Crippen LogP contribution in [0.4, 0.5) is 5.82 Å². The van der Waals surface area contributed by atoms with Gasteiger partial charge >= 0.3 is 11.7 Å². The molecule has 0 amide bonds. The lowest BCUT2D eigenvalue weighted by Crippen LogP contribution is -2.33. The number of nitrogens with zero attached hydrogens (tertiary/aromatic N) is 2. The number of rotatable bonds is 7. The quantitative estimate of drug-likeness (QED) is 0.815. The van der Waals surface area contributed by atoms with Crippen LogP contribution >= 0.6 is 0 Å². The summed E-state index contributed by atoms with van der Waals surface area (Å²) in [6, 6.07) is 6.55. The molecule has 24 heavy (non-hydrogen) atoms. The molecule has 0 saturated heterocycles. The average Bonchev–Trinajstić information content (AvgIpc) is 2.55. The van der Waals surface area contributed by atoms with Crippen molar-refractivity contribution in [3.05, 3.63) is 34.7 Å². The van der Waals surface area contributed by atoms with Gasteiger partial charge in [-0.05, 0) is 30.4 Å². The zero-order chi connectivity index (χ0) is 17.9. The molecule has 0 aliphatic rings. The van der Waals surface area contributed by atoms with Crippen LogP contribution in [0.25, 0.3) is 10.9 Å². The zero-order valence-electron chi connectivity index (χ0n) is 14.7. The number of anilines is 1. The first-order valence-electron chi connectivity index (χ1n) is 8.20. The fraction of sp³-hybridized carbons (Fsp3) is 0.500. The lowest BCUT2D eigenvalue weighted by atomic mass is 9.84. The maximum Gasteiger partial charge on any atom is 0.349 e. The van der Waals surface area contributed by atoms with Crippen molar-refractivity contribution in [1.82, 2.24) is 9.55 Å². The van der Waals surface area contributed by atoms with Crippen molar-refractivity contribution in [2.75, 3.05) is 5.32 Å². The average molecular weight is 331 g/mol. The number of carboxylic acid groups (broad SMARTS) is 1. The lowest BCUT2D eigenvalue weighted by molar-refractivity contribution is -0.138. The highest BCUT2D eigenvalue weighted by atomic mass is 16.4. The van der Waals surface area contributed by atoms with E-state index in [-0.39, 0.29) is 5.41 Å². The van der Waals surface area contributed by atoms with Crippen LogP contribution in [-0.4, -0.2) is 26.7 Å². The Kier molecular flexibility index (Phi) is 5.26. The van der Waals surface area contributed by atoms with Crippen LogP contribution < -0.4 is 11.0 Å². The van der Waals surface area contributed by atoms with E-state index in [1.54, 1.807) is 7.05 Å². The van der Waals surface area contributed by atoms with Crippen LogP contribution in [0.2, 0.25) is 0 Å². The van der Waals surface area contributed by atoms with Crippen molar-refractivity contribution in [3.8, 4) is 0 Å². The molecule has 1 aromatic carbocycles. The molecule has 6 nitrogen and oxygen atoms in total. The first-order chi connectivity index (χ1) is 11.2. The van der Waals surface area contributed by atoms with Gasteiger partial charge in [-0.1, -0.05) is 39.3 Å². The van der Waals surface area contributed by atoms with E-state index < -0.39 is 17.7 Å². The van der Waals surface area contributed by atoms with E-state index in [9.17, 15) is 14.7 Å². The van der Waals surface area contributed by atoms with E-state index in [4.69, 9.17) is 0 Å². The SMILES string of the molecule is CCC(C)(C)CCC(Nc1nc(=O)n(C)c2ccccc12)C(=O)O. The topological polar surface area (TPSA) is 84.2 Å². The largest absolute Gasteiger partial charge is 0.480 e. The molecule has 0 aliphatic carbocycles. The number of fused-ring (bicyclic) bond motifs is 1. The van der Waals surface area contributed by atoms with Crippen molar-refractivity contribution in [1.29, 1.82) is 0 Å². The molecule has 0 saturated carbocycles. The number of nitrogens with one attached hydrogen (secondary N) is 1. The summed E-state index contributed by atoms with van der Waals surface area (Å²) >= 11 is 0. The molecule has 1 atom stereocenters. The second-order valence-corrected chi connectivity index (χ2v) is 6.91. The summed E-state index contributed by atoms with van der Waals surface area (Å²) < 4.78 is 1.45. The van der Waals surface area contributed by atoms with E-state index in [0.717, 1.165) is 23.7 Å². The van der Waals surface area contributed by atoms with Gasteiger partial charge in [0.15, 0.2) is 0 Å². The minimum absolute atomic E-state index is 0.0811. The summed E-state index contributed by atoms with van der Waals surface area (Å²) in [6.07, 6.45) is 2.23. The van der Waals surface area contributed by atoms with Crippen molar-refractivity contribution in [2.24, 2.45) is 12.5 Å². The number of benzene rings is 1. The van der Waals surface area contributed by atoms with Gasteiger partial charge in [0.05, 0.1) is 5.52 Å². The van der Waals surface area contributed by atoms with Crippen molar-refractivity contribution in [3.63, 3.8) is 0 Å². The van der Waals surface area contributed by atoms with Gasteiger partial charge in [0.1, 0.15) is 11.9 Å². The number of aromatic nitrogens is 2. The standard InChI is InChI=1S/C18H25N3O3/c1-5-18(2,3)11-10-13(16(22)23)19-15-12-8-6-7-9-14(12)21(4)17(24)20-15/h6-9,13H,5,10-11H2,1-4H3,(H,22,23)(H,19,20,24). The Morgan fingerprint density at radius 3 is 2.67 bits per heavy atom. The van der Waals surface area contributed by atoms with Crippen LogP contribution in [-0.2, 0) is 11.8 Å². The van der Waals surface area contributed by atoms with Crippen LogP contribution in [0, 0.1) is 5.41 Å². The number of para-hydroxylation sites is 1. The number of hydrogen-bond donors (Lipinski definition) is 2. The third kappa shape index (κ3) is 3.93. The van der Waals surface area contributed by atoms with Crippen LogP contribution in [0.5, 0.6) is 0 Å². The second-order valence-electron chi connectivity index (χ2n) is 6.91. The third-order valence-corrected chi connectivity index (χ3v) is 4.69. The summed E-state index contributed by atoms with van der Waals surface area (Å²) in [5.41, 5.74) is 0.393. The van der Waals surface area contributed by atoms with E-state index in [0.29, 0.717) is 12.2 Å². The van der Waals surface area contributed by atoms with Gasteiger partial charge in [-0.3, -0.25) is 4.57 Å². The predicted octanol–water partition coefficient (Wildman–Crippen LogP) is 3.02. The number of hydrogen-bond acceptors (Lipinski definition) is 4. The Bertz CT molecular complexity index is 796. The molecule has 0 radical (unpaired) electrons. The van der Waals surface area contributed by atoms with Gasteiger partial charge in [0, 0.05) is 12.4 Å². The monoisotopic (exact) mass is 331 g/mol. The number of carbonyl (C=O) groups is 1. The molecule has 130 valence electrons. The summed E-state index contributed by atoms with van der Waals surface area (Å²) in [5, 5.41) is 13.2. The molecular formula is C18H25N3O3. The molecule has 2 N–H and O–H groups in total. The van der Waals surface area contributed by atoms with Crippen molar-refractivity contribution in [2.45, 2.75) is 46.1 Å². The smallest absolute Gasteiger partial charge is 0.349 e. The molecule has 2 rings (SSSR count). The van der Waals surface area contributed by atoms with Gasteiger partial charge in [0.2, 0.25) is 0 Å². The Labute approximate surface area is 141 Å². The van der Waals surface area contributed by atoms with Gasteiger partial charge in [0.25, 0.3) is 0 Å². The predicted molar refractivity (Wildman–Crippen MR) is 95.3 cm³/mol. The Balaban J connectivity index is 2.33. The summed E-state index contributed by atoms with van der Waals surface area (Å²) in [7, 11) is 1.65. The molecule has 0 fully saturated rings. The molecule has 1 unspecified atom stereocenters. The molecule has 6 heteroatoms. The van der Waals surface area contributed by atoms with Gasteiger partial charge < -0.3 is 10.4 Å². The van der Waals surface area contributed by atoms with E-state index in [1.165, 1.54) is 4.57 Å². The fourth-order valence-electron chi connectivity index (χ4n) is 2.54. The highest BCUT2D eigenvalue weighted by Gasteiger charge is 2.24. The van der Waals surface area contributed by atoms with Gasteiger partial charge in [-0.2, -0.15) is 4.98 Å². The molecular weight excluding hydrogens is 306 g/mol. The Hall–Kier alpha value is -2.37. The van der Waals surface area contributed by atoms with E-state index in [1.807, 2.05) is 24.3 Å².